The van der Waals surface area contributed by atoms with Gasteiger partial charge in [0.15, 0.2) is 0 Å². The molecule has 6 nitrogen and oxygen atoms in total. The molecule has 3 saturated heterocycles. The molecule has 0 aliphatic carbocycles. The highest BCUT2D eigenvalue weighted by molar-refractivity contribution is 5.74. The van der Waals surface area contributed by atoms with Crippen molar-refractivity contribution in [1.82, 2.24) is 14.8 Å². The average molecular weight is 330 g/mol. The molecule has 4 heterocycles. The number of carbonyl (C=O) groups excluding carboxylic acids is 1. The molecule has 0 aromatic carbocycles. The molecule has 3 aliphatic heterocycles. The summed E-state index contributed by atoms with van der Waals surface area (Å²) in [4.78, 5) is 23.6. The number of ether oxygens (including phenoxy) is 1. The van der Waals surface area contributed by atoms with Gasteiger partial charge in [-0.25, -0.2) is 9.78 Å². The van der Waals surface area contributed by atoms with Crippen molar-refractivity contribution in [2.45, 2.75) is 19.3 Å². The number of urea groups is 1. The van der Waals surface area contributed by atoms with Gasteiger partial charge in [0.25, 0.3) is 0 Å². The molecule has 3 fully saturated rings. The van der Waals surface area contributed by atoms with Gasteiger partial charge in [-0.15, -0.1) is 0 Å². The molecule has 0 N–H and O–H groups in total. The van der Waals surface area contributed by atoms with Crippen LogP contribution >= 0.6 is 0 Å². The van der Waals surface area contributed by atoms with E-state index < -0.39 is 0 Å². The summed E-state index contributed by atoms with van der Waals surface area (Å²) in [5, 5.41) is 0. The van der Waals surface area contributed by atoms with Crippen molar-refractivity contribution < 1.29 is 9.53 Å². The highest BCUT2D eigenvalue weighted by Gasteiger charge is 2.43. The standard InChI is InChI=1S/C18H26N4O2/c23-17(20-8-3-4-9-20)22-11-12-24-15-18(14-22)6-10-21(13-18)16-5-1-2-7-19-16/h1-2,5,7H,3-4,6,8-15H2/t18-/m0/s1. The number of pyridine rings is 1. The fraction of sp³-hybridized carbons (Fsp3) is 0.667. The second kappa shape index (κ2) is 6.59. The van der Waals surface area contributed by atoms with Crippen molar-refractivity contribution in [3.63, 3.8) is 0 Å². The number of nitrogens with zero attached hydrogens (tertiary/aromatic N) is 4. The van der Waals surface area contributed by atoms with Crippen molar-refractivity contribution in [3.8, 4) is 0 Å². The Morgan fingerprint density at radius 3 is 2.75 bits per heavy atom. The fourth-order valence-electron chi connectivity index (χ4n) is 4.18. The highest BCUT2D eigenvalue weighted by atomic mass is 16.5. The average Bonchev–Trinajstić information content (AvgIpc) is 3.24. The molecule has 24 heavy (non-hydrogen) atoms. The Hall–Kier alpha value is -1.82. The largest absolute Gasteiger partial charge is 0.379 e. The smallest absolute Gasteiger partial charge is 0.320 e. The van der Waals surface area contributed by atoms with Gasteiger partial charge in [-0.05, 0) is 31.4 Å². The van der Waals surface area contributed by atoms with Gasteiger partial charge in [0.05, 0.1) is 13.2 Å². The van der Waals surface area contributed by atoms with Gasteiger partial charge in [-0.2, -0.15) is 0 Å². The number of amides is 2. The maximum atomic E-state index is 12.8. The molecule has 2 amide bonds. The number of rotatable bonds is 1. The maximum absolute atomic E-state index is 12.8. The minimum atomic E-state index is 0.0312. The quantitative estimate of drug-likeness (QED) is 0.788. The Labute approximate surface area is 143 Å². The van der Waals surface area contributed by atoms with Crippen molar-refractivity contribution in [1.29, 1.82) is 0 Å². The van der Waals surface area contributed by atoms with Gasteiger partial charge in [-0.1, -0.05) is 6.07 Å². The van der Waals surface area contributed by atoms with Crippen LogP contribution in [0.15, 0.2) is 24.4 Å². The van der Waals surface area contributed by atoms with Crippen molar-refractivity contribution >= 4 is 11.8 Å². The first-order valence-corrected chi connectivity index (χ1v) is 9.03. The Morgan fingerprint density at radius 2 is 1.96 bits per heavy atom. The number of anilines is 1. The van der Waals surface area contributed by atoms with E-state index in [0.717, 1.165) is 64.4 Å². The first-order valence-electron chi connectivity index (χ1n) is 9.03. The van der Waals surface area contributed by atoms with E-state index in [2.05, 4.69) is 16.0 Å². The molecular formula is C18H26N4O2. The summed E-state index contributed by atoms with van der Waals surface area (Å²) in [6, 6.07) is 6.23. The normalized spacial score (nSPS) is 27.8. The summed E-state index contributed by atoms with van der Waals surface area (Å²) >= 11 is 0. The Balaban J connectivity index is 1.47. The molecule has 1 aromatic rings. The SMILES string of the molecule is O=C(N1CCCC1)N1CCOC[C@]2(CCN(c3ccccn3)C2)C1. The third-order valence-corrected chi connectivity index (χ3v) is 5.50. The molecule has 4 rings (SSSR count). The van der Waals surface area contributed by atoms with Crippen molar-refractivity contribution in [3.05, 3.63) is 24.4 Å². The topological polar surface area (TPSA) is 48.9 Å². The Bertz CT molecular complexity index is 576. The van der Waals surface area contributed by atoms with Crippen LogP contribution in [0.5, 0.6) is 0 Å². The van der Waals surface area contributed by atoms with Gasteiger partial charge in [0, 0.05) is 50.9 Å². The molecule has 1 aromatic heterocycles. The van der Waals surface area contributed by atoms with Gasteiger partial charge in [0.1, 0.15) is 5.82 Å². The fourth-order valence-corrected chi connectivity index (χ4v) is 4.18. The minimum Gasteiger partial charge on any atom is -0.379 e. The molecule has 0 bridgehead atoms. The Morgan fingerprint density at radius 1 is 1.08 bits per heavy atom. The van der Waals surface area contributed by atoms with Gasteiger partial charge >= 0.3 is 6.03 Å². The number of carbonyl (C=O) groups is 1. The number of hydrogen-bond acceptors (Lipinski definition) is 4. The van der Waals surface area contributed by atoms with Crippen LogP contribution in [0.4, 0.5) is 10.6 Å². The van der Waals surface area contributed by atoms with Crippen LogP contribution in [-0.4, -0.2) is 73.3 Å². The predicted molar refractivity (Wildman–Crippen MR) is 92.1 cm³/mol. The zero-order valence-corrected chi connectivity index (χ0v) is 14.2. The van der Waals surface area contributed by atoms with Crippen molar-refractivity contribution in [2.24, 2.45) is 5.41 Å². The second-order valence-corrected chi connectivity index (χ2v) is 7.31. The lowest BCUT2D eigenvalue weighted by Gasteiger charge is -2.34. The van der Waals surface area contributed by atoms with Crippen molar-refractivity contribution in [2.75, 3.05) is 57.4 Å². The summed E-state index contributed by atoms with van der Waals surface area (Å²) in [7, 11) is 0. The third-order valence-electron chi connectivity index (χ3n) is 5.50. The van der Waals surface area contributed by atoms with E-state index in [-0.39, 0.29) is 11.4 Å². The summed E-state index contributed by atoms with van der Waals surface area (Å²) in [5.74, 6) is 1.02. The molecule has 1 atom stereocenters. The van der Waals surface area contributed by atoms with Crippen LogP contribution in [0.1, 0.15) is 19.3 Å². The minimum absolute atomic E-state index is 0.0312. The van der Waals surface area contributed by atoms with E-state index in [1.807, 2.05) is 28.1 Å². The molecule has 130 valence electrons. The van der Waals surface area contributed by atoms with E-state index in [4.69, 9.17) is 4.74 Å². The number of likely N-dealkylation sites (tertiary alicyclic amines) is 1. The molecule has 1 spiro atoms. The summed E-state index contributed by atoms with van der Waals surface area (Å²) < 4.78 is 5.90. The lowest BCUT2D eigenvalue weighted by molar-refractivity contribution is 0.0800. The van der Waals surface area contributed by atoms with Crippen LogP contribution in [0.2, 0.25) is 0 Å². The summed E-state index contributed by atoms with van der Waals surface area (Å²) in [5.41, 5.74) is 0.0312. The third kappa shape index (κ3) is 3.07. The van der Waals surface area contributed by atoms with E-state index in [1.54, 1.807) is 0 Å². The summed E-state index contributed by atoms with van der Waals surface area (Å²) in [6.07, 6.45) is 5.16. The van der Waals surface area contributed by atoms with E-state index in [0.29, 0.717) is 13.2 Å². The second-order valence-electron chi connectivity index (χ2n) is 7.31. The zero-order chi connectivity index (χ0) is 16.4. The lowest BCUT2D eigenvalue weighted by Crippen LogP contribution is -2.48. The molecule has 0 saturated carbocycles. The van der Waals surface area contributed by atoms with Crippen LogP contribution in [-0.2, 0) is 4.74 Å². The monoisotopic (exact) mass is 330 g/mol. The number of hydrogen-bond donors (Lipinski definition) is 0. The van der Waals surface area contributed by atoms with Gasteiger partial charge in [-0.3, -0.25) is 0 Å². The first-order chi connectivity index (χ1) is 11.8. The van der Waals surface area contributed by atoms with Crippen LogP contribution in [0.25, 0.3) is 0 Å². The molecule has 0 unspecified atom stereocenters. The lowest BCUT2D eigenvalue weighted by atomic mass is 9.87. The number of aromatic nitrogens is 1. The van der Waals surface area contributed by atoms with E-state index in [1.165, 1.54) is 0 Å². The summed E-state index contributed by atoms with van der Waals surface area (Å²) in [6.45, 7) is 6.59. The van der Waals surface area contributed by atoms with E-state index >= 15 is 0 Å². The first kappa shape index (κ1) is 15.7. The van der Waals surface area contributed by atoms with Crippen LogP contribution < -0.4 is 4.90 Å². The van der Waals surface area contributed by atoms with Gasteiger partial charge in [0.2, 0.25) is 0 Å². The van der Waals surface area contributed by atoms with Gasteiger partial charge < -0.3 is 19.4 Å². The predicted octanol–water partition coefficient (Wildman–Crippen LogP) is 1.83. The zero-order valence-electron chi connectivity index (χ0n) is 14.2. The van der Waals surface area contributed by atoms with Crippen LogP contribution in [0, 0.1) is 5.41 Å². The molecule has 3 aliphatic rings. The molecular weight excluding hydrogens is 304 g/mol. The van der Waals surface area contributed by atoms with E-state index in [9.17, 15) is 4.79 Å². The highest BCUT2D eigenvalue weighted by Crippen LogP contribution is 2.35. The maximum Gasteiger partial charge on any atom is 0.320 e. The Kier molecular flexibility index (Phi) is 4.31. The molecule has 0 radical (unpaired) electrons. The molecule has 6 heteroatoms. The van der Waals surface area contributed by atoms with Crippen LogP contribution in [0.3, 0.4) is 0 Å².